The quantitative estimate of drug-likeness (QED) is 0.471. The molecule has 0 heterocycles. The van der Waals surface area contributed by atoms with Gasteiger partial charge in [0.05, 0.1) is 4.92 Å². The van der Waals surface area contributed by atoms with Crippen molar-refractivity contribution < 1.29 is 14.0 Å². The minimum atomic E-state index is -2.16. The molecule has 5 nitrogen and oxygen atoms in total. The zero-order valence-electron chi connectivity index (χ0n) is 10.3. The lowest BCUT2D eigenvalue weighted by molar-refractivity contribution is -0.384. The molecule has 0 amide bonds. The van der Waals surface area contributed by atoms with Gasteiger partial charge in [-0.25, -0.2) is 0 Å². The smallest absolute Gasteiger partial charge is 0.269 e. The van der Waals surface area contributed by atoms with Gasteiger partial charge in [-0.05, 0) is 0 Å². The molecule has 0 saturated heterocycles. The van der Waals surface area contributed by atoms with Crippen molar-refractivity contribution in [2.75, 3.05) is 19.4 Å². The monoisotopic (exact) mass is 259 g/mol. The van der Waals surface area contributed by atoms with Gasteiger partial charge in [0.25, 0.3) is 5.69 Å². The van der Waals surface area contributed by atoms with Crippen molar-refractivity contribution in [1.29, 1.82) is 0 Å². The maximum Gasteiger partial charge on any atom is 0.269 e. The first-order valence-corrected chi connectivity index (χ1v) is 7.31. The summed E-state index contributed by atoms with van der Waals surface area (Å²) in [6.45, 7) is 3.77. The summed E-state index contributed by atoms with van der Waals surface area (Å²) >= 11 is 0. The first-order valence-electron chi connectivity index (χ1n) is 5.32. The van der Waals surface area contributed by atoms with E-state index in [-0.39, 0.29) is 5.69 Å². The second-order valence-electron chi connectivity index (χ2n) is 3.22. The van der Waals surface area contributed by atoms with E-state index in [9.17, 15) is 14.7 Å². The Bertz CT molecular complexity index is 361. The van der Waals surface area contributed by atoms with Crippen LogP contribution in [0.4, 0.5) is 5.69 Å². The average Bonchev–Trinajstić information content (AvgIpc) is 2.39. The van der Waals surface area contributed by atoms with Crippen molar-refractivity contribution in [1.82, 2.24) is 0 Å². The highest BCUT2D eigenvalue weighted by Crippen LogP contribution is 2.44. The molecule has 0 N–H and O–H groups in total. The van der Waals surface area contributed by atoms with Crippen LogP contribution in [0, 0.1) is 10.1 Å². The summed E-state index contributed by atoms with van der Waals surface area (Å²) in [6.07, 6.45) is 1.31. The van der Waals surface area contributed by atoms with E-state index in [4.69, 9.17) is 4.52 Å². The van der Waals surface area contributed by atoms with Crippen LogP contribution in [-0.2, 0) is 9.09 Å². The molecule has 0 radical (unpaired) electrons. The molecular weight excluding hydrogens is 241 g/mol. The summed E-state index contributed by atoms with van der Waals surface area (Å²) in [5, 5.41) is 10.0. The number of para-hydroxylation sites is 1. The molecule has 0 bridgehead atoms. The molecule has 0 aromatic heterocycles. The number of benzene rings is 1. The fraction of sp³-hybridized carbons (Fsp3) is 0.455. The minimum Gasteiger partial charge on any atom is -0.332 e. The predicted octanol–water partition coefficient (Wildman–Crippen LogP) is 3.55. The van der Waals surface area contributed by atoms with Crippen molar-refractivity contribution >= 4 is 13.1 Å². The van der Waals surface area contributed by atoms with E-state index < -0.39 is 12.3 Å². The first-order chi connectivity index (χ1) is 7.99. The van der Waals surface area contributed by atoms with Gasteiger partial charge in [0.2, 0.25) is 7.37 Å². The van der Waals surface area contributed by atoms with Crippen LogP contribution < -0.4 is 0 Å². The Morgan fingerprint density at radius 3 is 1.88 bits per heavy atom. The third kappa shape index (κ3) is 6.19. The zero-order valence-corrected chi connectivity index (χ0v) is 11.2. The standard InChI is InChI=1S/C6H5NO2.C5H13O2P/c8-7(9)6-4-2-1-3-5-6;1-4-8(6,5-2)7-3/h1-5H;4-5H2,1-3H3. The van der Waals surface area contributed by atoms with Crippen LogP contribution >= 0.6 is 7.37 Å². The molecule has 17 heavy (non-hydrogen) atoms. The summed E-state index contributed by atoms with van der Waals surface area (Å²) in [5.74, 6) is 0. The van der Waals surface area contributed by atoms with E-state index in [2.05, 4.69) is 0 Å². The number of nitro groups is 1. The number of hydrogen-bond donors (Lipinski definition) is 0. The summed E-state index contributed by atoms with van der Waals surface area (Å²) in [7, 11) is -0.654. The van der Waals surface area contributed by atoms with Crippen LogP contribution in [-0.4, -0.2) is 24.4 Å². The molecule has 0 unspecified atom stereocenters. The molecule has 1 aromatic carbocycles. The van der Waals surface area contributed by atoms with Crippen molar-refractivity contribution in [3.05, 3.63) is 40.4 Å². The topological polar surface area (TPSA) is 69.4 Å². The third-order valence-electron chi connectivity index (χ3n) is 2.26. The maximum absolute atomic E-state index is 11.1. The molecule has 0 atom stereocenters. The van der Waals surface area contributed by atoms with E-state index >= 15 is 0 Å². The molecular formula is C11H18NO4P. The van der Waals surface area contributed by atoms with Crippen molar-refractivity contribution in [2.45, 2.75) is 13.8 Å². The molecule has 96 valence electrons. The van der Waals surface area contributed by atoms with Gasteiger partial charge in [0.1, 0.15) is 0 Å². The van der Waals surface area contributed by atoms with Crippen molar-refractivity contribution in [2.24, 2.45) is 0 Å². The Morgan fingerprint density at radius 1 is 1.24 bits per heavy atom. The number of non-ortho nitro benzene ring substituents is 1. The van der Waals surface area contributed by atoms with Gasteiger partial charge >= 0.3 is 0 Å². The normalized spacial score (nSPS) is 10.3. The Hall–Kier alpha value is -1.19. The Labute approximate surface area is 101 Å². The molecule has 0 saturated carbocycles. The second kappa shape index (κ2) is 7.98. The molecule has 0 fully saturated rings. The first kappa shape index (κ1) is 15.8. The fourth-order valence-electron chi connectivity index (χ4n) is 1.03. The van der Waals surface area contributed by atoms with Gasteiger partial charge in [-0.1, -0.05) is 32.0 Å². The van der Waals surface area contributed by atoms with Crippen LogP contribution in [0.25, 0.3) is 0 Å². The van der Waals surface area contributed by atoms with Gasteiger partial charge in [-0.2, -0.15) is 0 Å². The molecule has 1 aromatic rings. The predicted molar refractivity (Wildman–Crippen MR) is 68.8 cm³/mol. The van der Waals surface area contributed by atoms with Crippen LogP contribution in [0.1, 0.15) is 13.8 Å². The van der Waals surface area contributed by atoms with E-state index in [1.807, 2.05) is 13.8 Å². The summed E-state index contributed by atoms with van der Waals surface area (Å²) in [6, 6.07) is 7.93. The number of nitro benzene ring substituents is 1. The fourth-order valence-corrected chi connectivity index (χ4v) is 2.00. The van der Waals surface area contributed by atoms with Crippen LogP contribution in [0.5, 0.6) is 0 Å². The molecule has 0 aliphatic carbocycles. The molecule has 0 aliphatic heterocycles. The van der Waals surface area contributed by atoms with Gasteiger partial charge in [0.15, 0.2) is 0 Å². The van der Waals surface area contributed by atoms with E-state index in [1.54, 1.807) is 18.2 Å². The number of hydrogen-bond acceptors (Lipinski definition) is 4. The van der Waals surface area contributed by atoms with Crippen LogP contribution in [0.2, 0.25) is 0 Å². The van der Waals surface area contributed by atoms with E-state index in [0.29, 0.717) is 12.3 Å². The average molecular weight is 259 g/mol. The maximum atomic E-state index is 11.1. The lowest BCUT2D eigenvalue weighted by Crippen LogP contribution is -1.89. The highest BCUT2D eigenvalue weighted by Gasteiger charge is 2.13. The van der Waals surface area contributed by atoms with E-state index in [0.717, 1.165) is 0 Å². The highest BCUT2D eigenvalue weighted by atomic mass is 31.2. The third-order valence-corrected chi connectivity index (χ3v) is 4.86. The molecule has 0 spiro atoms. The number of nitrogens with zero attached hydrogens (tertiary/aromatic N) is 1. The van der Waals surface area contributed by atoms with Gasteiger partial charge in [0, 0.05) is 31.6 Å². The number of rotatable bonds is 4. The largest absolute Gasteiger partial charge is 0.332 e. The van der Waals surface area contributed by atoms with Gasteiger partial charge < -0.3 is 4.52 Å². The van der Waals surface area contributed by atoms with Crippen LogP contribution in [0.3, 0.4) is 0 Å². The summed E-state index contributed by atoms with van der Waals surface area (Å²) in [4.78, 5) is 9.59. The van der Waals surface area contributed by atoms with Crippen LogP contribution in [0.15, 0.2) is 30.3 Å². The highest BCUT2D eigenvalue weighted by molar-refractivity contribution is 7.58. The Kier molecular flexibility index (Phi) is 7.42. The zero-order chi connectivity index (χ0) is 13.3. The van der Waals surface area contributed by atoms with Gasteiger partial charge in [-0.3, -0.25) is 14.7 Å². The lowest BCUT2D eigenvalue weighted by Gasteiger charge is -2.09. The summed E-state index contributed by atoms with van der Waals surface area (Å²) in [5.41, 5.74) is 0.137. The second-order valence-corrected chi connectivity index (χ2v) is 6.48. The Balaban J connectivity index is 0.000000304. The Morgan fingerprint density at radius 2 is 1.71 bits per heavy atom. The molecule has 1 rings (SSSR count). The van der Waals surface area contributed by atoms with Crippen molar-refractivity contribution in [3.8, 4) is 0 Å². The molecule has 6 heteroatoms. The van der Waals surface area contributed by atoms with E-state index in [1.165, 1.54) is 19.2 Å². The SMILES string of the molecule is CCP(=O)(CC)OC.O=[N+]([O-])c1ccccc1. The molecule has 0 aliphatic rings. The van der Waals surface area contributed by atoms with Crippen molar-refractivity contribution in [3.63, 3.8) is 0 Å². The lowest BCUT2D eigenvalue weighted by atomic mass is 10.3. The summed E-state index contributed by atoms with van der Waals surface area (Å²) < 4.78 is 15.9. The minimum absolute atomic E-state index is 0.137. The van der Waals surface area contributed by atoms with Gasteiger partial charge in [-0.15, -0.1) is 0 Å².